The number of hydrogen-bond donors (Lipinski definition) is 3. The van der Waals surface area contributed by atoms with Crippen LogP contribution in [-0.2, 0) is 20.7 Å². The molecular formula is C13H17NO5. The predicted molar refractivity (Wildman–Crippen MR) is 67.6 cm³/mol. The van der Waals surface area contributed by atoms with Crippen molar-refractivity contribution in [2.75, 3.05) is 19.8 Å². The quantitative estimate of drug-likeness (QED) is 0.606. The van der Waals surface area contributed by atoms with E-state index in [1.165, 1.54) is 0 Å². The zero-order chi connectivity index (χ0) is 14.1. The van der Waals surface area contributed by atoms with Crippen molar-refractivity contribution in [3.05, 3.63) is 35.9 Å². The van der Waals surface area contributed by atoms with E-state index in [0.29, 0.717) is 6.42 Å². The third kappa shape index (κ3) is 6.54. The molecule has 0 radical (unpaired) electrons. The lowest BCUT2D eigenvalue weighted by atomic mass is 10.1. The van der Waals surface area contributed by atoms with Gasteiger partial charge in [0, 0.05) is 0 Å². The molecule has 1 aromatic rings. The highest BCUT2D eigenvalue weighted by molar-refractivity contribution is 5.78. The number of nitrogens with one attached hydrogen (secondary N) is 1. The molecule has 0 saturated heterocycles. The summed E-state index contributed by atoms with van der Waals surface area (Å²) in [7, 11) is 0. The van der Waals surface area contributed by atoms with Crippen molar-refractivity contribution in [3.63, 3.8) is 0 Å². The monoisotopic (exact) mass is 267 g/mol. The second kappa shape index (κ2) is 8.23. The van der Waals surface area contributed by atoms with E-state index < -0.39 is 24.5 Å². The number of amides is 1. The Morgan fingerprint density at radius 1 is 1.21 bits per heavy atom. The molecule has 0 heterocycles. The lowest BCUT2D eigenvalue weighted by molar-refractivity contribution is -0.143. The molecule has 3 N–H and O–H groups in total. The molecule has 0 fully saturated rings. The maximum atomic E-state index is 11.4. The number of hydrogen-bond acceptors (Lipinski definition) is 4. The Hall–Kier alpha value is -1.92. The Labute approximate surface area is 111 Å². The van der Waals surface area contributed by atoms with Gasteiger partial charge in [-0.05, 0) is 12.0 Å². The second-order valence-electron chi connectivity index (χ2n) is 4.02. The van der Waals surface area contributed by atoms with Crippen LogP contribution in [0.5, 0.6) is 0 Å². The van der Waals surface area contributed by atoms with Crippen molar-refractivity contribution in [1.29, 1.82) is 0 Å². The van der Waals surface area contributed by atoms with E-state index in [9.17, 15) is 14.7 Å². The third-order valence-corrected chi connectivity index (χ3v) is 2.37. The van der Waals surface area contributed by atoms with E-state index in [0.717, 1.165) is 5.56 Å². The molecule has 104 valence electrons. The molecule has 1 aromatic carbocycles. The van der Waals surface area contributed by atoms with Crippen LogP contribution >= 0.6 is 0 Å². The van der Waals surface area contributed by atoms with Crippen molar-refractivity contribution in [2.45, 2.75) is 12.5 Å². The fraction of sp³-hybridized carbons (Fsp3) is 0.385. The van der Waals surface area contributed by atoms with Gasteiger partial charge in [0.15, 0.2) is 0 Å². The molecule has 6 nitrogen and oxygen atoms in total. The first-order valence-corrected chi connectivity index (χ1v) is 5.85. The molecule has 0 unspecified atom stereocenters. The molecule has 0 aliphatic heterocycles. The largest absolute Gasteiger partial charge is 0.480 e. The third-order valence-electron chi connectivity index (χ3n) is 2.37. The number of carboxylic acid groups (broad SMARTS) is 1. The van der Waals surface area contributed by atoms with Crippen LogP contribution in [0, 0.1) is 0 Å². The zero-order valence-corrected chi connectivity index (χ0v) is 10.4. The molecule has 0 spiro atoms. The van der Waals surface area contributed by atoms with E-state index in [-0.39, 0.29) is 13.2 Å². The summed E-state index contributed by atoms with van der Waals surface area (Å²) < 4.78 is 4.66. The molecule has 1 amide bonds. The fourth-order valence-corrected chi connectivity index (χ4v) is 1.56. The van der Waals surface area contributed by atoms with Gasteiger partial charge in [-0.15, -0.1) is 0 Å². The number of benzene rings is 1. The minimum absolute atomic E-state index is 0.195. The summed E-state index contributed by atoms with van der Waals surface area (Å²) in [6.45, 7) is -1.05. The zero-order valence-electron chi connectivity index (χ0n) is 10.4. The Morgan fingerprint density at radius 3 is 2.47 bits per heavy atom. The van der Waals surface area contributed by atoms with Crippen LogP contribution in [0.4, 0.5) is 0 Å². The van der Waals surface area contributed by atoms with Crippen molar-refractivity contribution in [2.24, 2.45) is 0 Å². The molecule has 0 saturated carbocycles. The molecule has 6 heteroatoms. The van der Waals surface area contributed by atoms with Crippen molar-refractivity contribution < 1.29 is 24.5 Å². The summed E-state index contributed by atoms with van der Waals surface area (Å²) >= 11 is 0. The van der Waals surface area contributed by atoms with E-state index in [1.54, 1.807) is 0 Å². The van der Waals surface area contributed by atoms with Crippen molar-refractivity contribution in [1.82, 2.24) is 5.32 Å². The summed E-state index contributed by atoms with van der Waals surface area (Å²) in [4.78, 5) is 21.6. The summed E-state index contributed by atoms with van der Waals surface area (Å²) in [6.07, 6.45) is 0.502. The smallest absolute Gasteiger partial charge is 0.329 e. The van der Waals surface area contributed by atoms with Gasteiger partial charge in [-0.2, -0.15) is 0 Å². The number of aliphatic hydroxyl groups is 1. The van der Waals surface area contributed by atoms with E-state index in [2.05, 4.69) is 10.1 Å². The van der Waals surface area contributed by atoms with Gasteiger partial charge in [0.2, 0.25) is 5.91 Å². The number of aliphatic hydroxyl groups excluding tert-OH is 1. The minimum atomic E-state index is -1.13. The van der Waals surface area contributed by atoms with Gasteiger partial charge in [-0.1, -0.05) is 30.3 Å². The molecule has 0 bridgehead atoms. The van der Waals surface area contributed by atoms with Crippen LogP contribution in [0.3, 0.4) is 0 Å². The standard InChI is InChI=1S/C13H17NO5/c15-7-11(6-10-4-2-1-3-5-10)14-12(16)8-19-9-13(17)18/h1-5,11,15H,6-9H2,(H,14,16)(H,17,18)/t11-/m1/s1. The topological polar surface area (TPSA) is 95.9 Å². The molecular weight excluding hydrogens is 250 g/mol. The minimum Gasteiger partial charge on any atom is -0.480 e. The summed E-state index contributed by atoms with van der Waals surface area (Å²) in [5.41, 5.74) is 0.994. The summed E-state index contributed by atoms with van der Waals surface area (Å²) in [5, 5.41) is 20.1. The number of ether oxygens (including phenoxy) is 1. The van der Waals surface area contributed by atoms with Gasteiger partial charge in [-0.3, -0.25) is 4.79 Å². The first-order chi connectivity index (χ1) is 9.11. The molecule has 0 aliphatic carbocycles. The molecule has 1 rings (SSSR count). The molecule has 19 heavy (non-hydrogen) atoms. The second-order valence-corrected chi connectivity index (χ2v) is 4.02. The maximum absolute atomic E-state index is 11.4. The lowest BCUT2D eigenvalue weighted by Gasteiger charge is -2.16. The van der Waals surface area contributed by atoms with Crippen LogP contribution in [0.15, 0.2) is 30.3 Å². The normalized spacial score (nSPS) is 11.8. The number of rotatable bonds is 8. The van der Waals surface area contributed by atoms with Crippen LogP contribution in [-0.4, -0.2) is 48.0 Å². The average Bonchev–Trinajstić information content (AvgIpc) is 2.38. The van der Waals surface area contributed by atoms with Gasteiger partial charge < -0.3 is 20.3 Å². The maximum Gasteiger partial charge on any atom is 0.329 e. The highest BCUT2D eigenvalue weighted by Crippen LogP contribution is 2.02. The number of aliphatic carboxylic acids is 1. The SMILES string of the molecule is O=C(O)COCC(=O)N[C@@H](CO)Cc1ccccc1. The highest BCUT2D eigenvalue weighted by atomic mass is 16.5. The van der Waals surface area contributed by atoms with Crippen molar-refractivity contribution >= 4 is 11.9 Å². The fourth-order valence-electron chi connectivity index (χ4n) is 1.56. The first kappa shape index (κ1) is 15.1. The average molecular weight is 267 g/mol. The van der Waals surface area contributed by atoms with E-state index >= 15 is 0 Å². The van der Waals surface area contributed by atoms with E-state index in [1.807, 2.05) is 30.3 Å². The van der Waals surface area contributed by atoms with Crippen molar-refractivity contribution in [3.8, 4) is 0 Å². The number of carbonyl (C=O) groups excluding carboxylic acids is 1. The summed E-state index contributed by atoms with van der Waals surface area (Å²) in [6, 6.07) is 9.02. The Bertz CT molecular complexity index is 407. The predicted octanol–water partition coefficient (Wildman–Crippen LogP) is -0.193. The Kier molecular flexibility index (Phi) is 6.56. The van der Waals surface area contributed by atoms with Gasteiger partial charge >= 0.3 is 5.97 Å². The van der Waals surface area contributed by atoms with E-state index in [4.69, 9.17) is 5.11 Å². The molecule has 0 aromatic heterocycles. The molecule has 1 atom stereocenters. The van der Waals surface area contributed by atoms with Gasteiger partial charge in [-0.25, -0.2) is 4.79 Å². The van der Waals surface area contributed by atoms with Gasteiger partial charge in [0.25, 0.3) is 0 Å². The van der Waals surface area contributed by atoms with Crippen LogP contribution in [0.1, 0.15) is 5.56 Å². The van der Waals surface area contributed by atoms with Crippen LogP contribution in [0.2, 0.25) is 0 Å². The van der Waals surface area contributed by atoms with Crippen LogP contribution in [0.25, 0.3) is 0 Å². The number of carbonyl (C=O) groups is 2. The summed E-state index contributed by atoms with van der Waals surface area (Å²) in [5.74, 6) is -1.58. The highest BCUT2D eigenvalue weighted by Gasteiger charge is 2.12. The van der Waals surface area contributed by atoms with Gasteiger partial charge in [0.05, 0.1) is 12.6 Å². The lowest BCUT2D eigenvalue weighted by Crippen LogP contribution is -2.41. The molecule has 0 aliphatic rings. The van der Waals surface area contributed by atoms with Gasteiger partial charge in [0.1, 0.15) is 13.2 Å². The first-order valence-electron chi connectivity index (χ1n) is 5.85. The Morgan fingerprint density at radius 2 is 1.89 bits per heavy atom. The number of carboxylic acids is 1. The van der Waals surface area contributed by atoms with Crippen LogP contribution < -0.4 is 5.32 Å². The Balaban J connectivity index is 2.35.